The van der Waals surface area contributed by atoms with Crippen molar-refractivity contribution in [3.8, 4) is 0 Å². The first-order valence-corrected chi connectivity index (χ1v) is 7.41. The van der Waals surface area contributed by atoms with E-state index >= 15 is 0 Å². The number of hydrogen-bond donors (Lipinski definition) is 2. The van der Waals surface area contributed by atoms with E-state index in [1.54, 1.807) is 0 Å². The van der Waals surface area contributed by atoms with E-state index in [4.69, 9.17) is 0 Å². The van der Waals surface area contributed by atoms with Crippen molar-refractivity contribution < 1.29 is 5.11 Å². The zero-order valence-electron chi connectivity index (χ0n) is 12.0. The zero-order chi connectivity index (χ0) is 12.8. The van der Waals surface area contributed by atoms with Crippen molar-refractivity contribution in [1.82, 2.24) is 5.32 Å². The molecular weight excluding hydrogens is 210 g/mol. The summed E-state index contributed by atoms with van der Waals surface area (Å²) in [5.41, 5.74) is 0.00757. The summed E-state index contributed by atoms with van der Waals surface area (Å²) in [6.07, 6.45) is 9.41. The molecule has 0 saturated heterocycles. The molecule has 0 spiro atoms. The quantitative estimate of drug-likeness (QED) is 0.669. The molecular formula is C15H31NO. The van der Waals surface area contributed by atoms with E-state index in [-0.39, 0.29) is 0 Å². The van der Waals surface area contributed by atoms with Crippen LogP contribution in [0.1, 0.15) is 72.1 Å². The number of aliphatic hydroxyl groups is 1. The van der Waals surface area contributed by atoms with E-state index in [0.717, 1.165) is 38.8 Å². The van der Waals surface area contributed by atoms with Gasteiger partial charge in [-0.05, 0) is 44.1 Å². The first kappa shape index (κ1) is 15.0. The Kier molecular flexibility index (Phi) is 5.94. The molecule has 1 fully saturated rings. The zero-order valence-corrected chi connectivity index (χ0v) is 12.0. The second kappa shape index (κ2) is 6.75. The minimum atomic E-state index is -0.430. The van der Waals surface area contributed by atoms with Crippen molar-refractivity contribution in [1.29, 1.82) is 0 Å². The second-order valence-electron chi connectivity index (χ2n) is 6.63. The molecule has 0 aromatic heterocycles. The predicted octanol–water partition coefficient (Wildman–Crippen LogP) is 3.49. The van der Waals surface area contributed by atoms with Gasteiger partial charge in [-0.15, -0.1) is 0 Å². The minimum Gasteiger partial charge on any atom is -0.389 e. The Morgan fingerprint density at radius 3 is 2.24 bits per heavy atom. The summed E-state index contributed by atoms with van der Waals surface area (Å²) in [7, 11) is 0. The van der Waals surface area contributed by atoms with Gasteiger partial charge in [0.25, 0.3) is 0 Å². The van der Waals surface area contributed by atoms with Gasteiger partial charge in [-0.1, -0.05) is 40.0 Å². The van der Waals surface area contributed by atoms with E-state index in [0.29, 0.717) is 5.41 Å². The molecule has 0 aromatic carbocycles. The third kappa shape index (κ3) is 5.87. The molecule has 2 nitrogen and oxygen atoms in total. The Balaban J connectivity index is 2.10. The highest BCUT2D eigenvalue weighted by molar-refractivity contribution is 4.90. The van der Waals surface area contributed by atoms with Crippen molar-refractivity contribution in [2.75, 3.05) is 13.1 Å². The lowest BCUT2D eigenvalue weighted by Crippen LogP contribution is -2.45. The summed E-state index contributed by atoms with van der Waals surface area (Å²) in [5, 5.41) is 13.9. The lowest BCUT2D eigenvalue weighted by atomic mass is 9.71. The van der Waals surface area contributed by atoms with Crippen LogP contribution in [0.15, 0.2) is 0 Å². The van der Waals surface area contributed by atoms with Crippen LogP contribution in [0.4, 0.5) is 0 Å². The Morgan fingerprint density at radius 1 is 1.00 bits per heavy atom. The topological polar surface area (TPSA) is 32.3 Å². The molecule has 0 atom stereocenters. The molecule has 1 aliphatic rings. The lowest BCUT2D eigenvalue weighted by Gasteiger charge is -2.40. The molecule has 0 heterocycles. The van der Waals surface area contributed by atoms with Gasteiger partial charge in [0.1, 0.15) is 0 Å². The Hall–Kier alpha value is -0.0800. The summed E-state index contributed by atoms with van der Waals surface area (Å²) in [6, 6.07) is 0. The van der Waals surface area contributed by atoms with Crippen LogP contribution in [0.5, 0.6) is 0 Å². The maximum absolute atomic E-state index is 10.4. The molecule has 0 unspecified atom stereocenters. The fourth-order valence-corrected chi connectivity index (χ4v) is 2.57. The fourth-order valence-electron chi connectivity index (χ4n) is 2.57. The largest absolute Gasteiger partial charge is 0.389 e. The van der Waals surface area contributed by atoms with Crippen LogP contribution in [-0.4, -0.2) is 23.8 Å². The van der Waals surface area contributed by atoms with Crippen molar-refractivity contribution in [3.63, 3.8) is 0 Å². The monoisotopic (exact) mass is 241 g/mol. The second-order valence-corrected chi connectivity index (χ2v) is 6.63. The molecule has 1 aliphatic carbocycles. The first-order chi connectivity index (χ1) is 7.97. The minimum absolute atomic E-state index is 0.430. The van der Waals surface area contributed by atoms with E-state index in [1.165, 1.54) is 25.7 Å². The van der Waals surface area contributed by atoms with Crippen LogP contribution in [-0.2, 0) is 0 Å². The van der Waals surface area contributed by atoms with Gasteiger partial charge >= 0.3 is 0 Å². The van der Waals surface area contributed by atoms with Gasteiger partial charge in [-0.3, -0.25) is 0 Å². The molecule has 1 rings (SSSR count). The van der Waals surface area contributed by atoms with Crippen molar-refractivity contribution in [2.45, 2.75) is 77.7 Å². The average Bonchev–Trinajstić information content (AvgIpc) is 2.28. The maximum Gasteiger partial charge on any atom is 0.0772 e. The van der Waals surface area contributed by atoms with E-state index < -0.39 is 5.60 Å². The first-order valence-electron chi connectivity index (χ1n) is 7.41. The molecule has 102 valence electrons. The number of rotatable bonds is 7. The molecule has 2 N–H and O–H groups in total. The van der Waals surface area contributed by atoms with Crippen LogP contribution in [0, 0.1) is 5.41 Å². The molecule has 0 aliphatic heterocycles. The highest BCUT2D eigenvalue weighted by Gasteiger charge is 2.36. The molecule has 17 heavy (non-hydrogen) atoms. The van der Waals surface area contributed by atoms with Crippen LogP contribution in [0.25, 0.3) is 0 Å². The van der Waals surface area contributed by atoms with Gasteiger partial charge < -0.3 is 10.4 Å². The van der Waals surface area contributed by atoms with Crippen LogP contribution < -0.4 is 5.32 Å². The van der Waals surface area contributed by atoms with Gasteiger partial charge in [-0.25, -0.2) is 0 Å². The molecule has 2 heteroatoms. The summed E-state index contributed by atoms with van der Waals surface area (Å²) in [4.78, 5) is 0. The molecule has 1 saturated carbocycles. The highest BCUT2D eigenvalue weighted by Crippen LogP contribution is 2.39. The number of nitrogens with one attached hydrogen (secondary N) is 1. The van der Waals surface area contributed by atoms with Crippen LogP contribution in [0.3, 0.4) is 0 Å². The fraction of sp³-hybridized carbons (Fsp3) is 1.00. The summed E-state index contributed by atoms with van der Waals surface area (Å²) in [6.45, 7) is 8.70. The Labute approximate surface area is 107 Å². The van der Waals surface area contributed by atoms with E-state index in [2.05, 4.69) is 26.1 Å². The summed E-state index contributed by atoms with van der Waals surface area (Å²) >= 11 is 0. The van der Waals surface area contributed by atoms with Crippen molar-refractivity contribution in [3.05, 3.63) is 0 Å². The standard InChI is InChI=1S/C15H31NO/c1-4-5-6-7-12-16-13-15(17)10-8-14(2,3)9-11-15/h16-17H,4-13H2,1-3H3. The van der Waals surface area contributed by atoms with Gasteiger partial charge in [-0.2, -0.15) is 0 Å². The smallest absolute Gasteiger partial charge is 0.0772 e. The molecule has 0 aromatic rings. The molecule has 0 radical (unpaired) electrons. The normalized spacial score (nSPS) is 22.6. The lowest BCUT2D eigenvalue weighted by molar-refractivity contribution is -0.0242. The predicted molar refractivity (Wildman–Crippen MR) is 74.2 cm³/mol. The van der Waals surface area contributed by atoms with Gasteiger partial charge in [0.05, 0.1) is 5.60 Å². The molecule has 0 bridgehead atoms. The van der Waals surface area contributed by atoms with Gasteiger partial charge in [0.15, 0.2) is 0 Å². The van der Waals surface area contributed by atoms with Crippen LogP contribution in [0.2, 0.25) is 0 Å². The summed E-state index contributed by atoms with van der Waals surface area (Å²) < 4.78 is 0. The number of hydrogen-bond acceptors (Lipinski definition) is 2. The maximum atomic E-state index is 10.4. The van der Waals surface area contributed by atoms with Crippen molar-refractivity contribution >= 4 is 0 Å². The third-order valence-electron chi connectivity index (χ3n) is 4.20. The SMILES string of the molecule is CCCCCCNCC1(O)CCC(C)(C)CC1. The van der Waals surface area contributed by atoms with Gasteiger partial charge in [0.2, 0.25) is 0 Å². The van der Waals surface area contributed by atoms with Crippen molar-refractivity contribution in [2.24, 2.45) is 5.41 Å². The van der Waals surface area contributed by atoms with Gasteiger partial charge in [0, 0.05) is 6.54 Å². The Bertz CT molecular complexity index is 203. The number of unbranched alkanes of at least 4 members (excludes halogenated alkanes) is 3. The highest BCUT2D eigenvalue weighted by atomic mass is 16.3. The molecule has 0 amide bonds. The summed E-state index contributed by atoms with van der Waals surface area (Å²) in [5.74, 6) is 0. The van der Waals surface area contributed by atoms with Crippen LogP contribution >= 0.6 is 0 Å². The average molecular weight is 241 g/mol. The Morgan fingerprint density at radius 2 is 1.65 bits per heavy atom. The van der Waals surface area contributed by atoms with E-state index in [1.807, 2.05) is 0 Å². The third-order valence-corrected chi connectivity index (χ3v) is 4.20. The van der Waals surface area contributed by atoms with E-state index in [9.17, 15) is 5.11 Å².